The van der Waals surface area contributed by atoms with Crippen LogP contribution in [0, 0.1) is 70.5 Å². The predicted octanol–water partition coefficient (Wildman–Crippen LogP) is 24.3. The fourth-order valence-corrected chi connectivity index (χ4v) is 25.3. The average molecular weight is 1410 g/mol. The highest BCUT2D eigenvalue weighted by molar-refractivity contribution is 5.01. The lowest BCUT2D eigenvalue weighted by Crippen LogP contribution is -2.56. The molecular weight excluding hydrogens is 1230 g/mol. The summed E-state index contributed by atoms with van der Waals surface area (Å²) >= 11 is 0. The Labute approximate surface area is 632 Å². The number of piperidine rings is 5. The summed E-state index contributed by atoms with van der Waals surface area (Å²) in [6, 6.07) is 5.49. The van der Waals surface area contributed by atoms with Gasteiger partial charge >= 0.3 is 0 Å². The molecule has 10 saturated heterocycles. The number of likely N-dealkylation sites (tertiary alicyclic amines) is 4. The summed E-state index contributed by atoms with van der Waals surface area (Å²) in [6.07, 6.45) is 55.0. The maximum Gasteiger partial charge on any atom is 0.0130 e. The Morgan fingerprint density at radius 1 is 0.198 bits per heavy atom. The van der Waals surface area contributed by atoms with E-state index in [1.165, 1.54) is 290 Å². The summed E-state index contributed by atoms with van der Waals surface area (Å²) in [5, 5.41) is 0. The zero-order chi connectivity index (χ0) is 73.7. The van der Waals surface area contributed by atoms with Crippen LogP contribution in [0.4, 0.5) is 0 Å². The van der Waals surface area contributed by atoms with E-state index in [1.807, 2.05) is 0 Å². The Bertz CT molecular complexity index is 2290. The number of fused-ring (bicyclic) bond motifs is 20. The summed E-state index contributed by atoms with van der Waals surface area (Å²) in [5.74, 6) is 11.5. The van der Waals surface area contributed by atoms with Crippen molar-refractivity contribution in [3.63, 3.8) is 0 Å². The first-order valence-corrected chi connectivity index (χ1v) is 45.4. The minimum absolute atomic E-state index is 0.386. The van der Waals surface area contributed by atoms with Gasteiger partial charge in [-0.25, -0.2) is 0 Å². The van der Waals surface area contributed by atoms with Crippen LogP contribution in [-0.4, -0.2) is 162 Å². The van der Waals surface area contributed by atoms with E-state index in [2.05, 4.69) is 200 Å². The van der Waals surface area contributed by atoms with E-state index in [9.17, 15) is 0 Å². The highest BCUT2D eigenvalue weighted by Crippen LogP contribution is 2.54. The van der Waals surface area contributed by atoms with Gasteiger partial charge in [0.25, 0.3) is 0 Å². The standard InChI is InChI=1S/2C13H25N.2C12H23N.C12H22.2C11H21N.C10H19N/c1-13(2,3)14-8-7-11-5-4-6-12(9-11)10-14;1-13(2,3)14-9-11-5-4-6-12(10-14)8-7-11;1-12(2,3)13-9-8-10-4-6-11(13)7-5-10;1-12(2,3)13-8-7-10-5-4-6-11(13)9-10;1-12(2,3)11-9-5-4-6-10(11)8-7-9;1-11(2,3)12-8-9-4-6-10(12)7-5-9;1-11(2,3)12-9-5-4-6-10(12)8-7-9;1-10(2,3)11-7-8-4-5-9(11)6-8/h2*11-12H,4-10H2,1-3H3;2*10-11H,4-9H2,1-3H3;9-11H,4-8H2,1-3H3;2*9-10H,4-8H2,1-3H3;8-9H,4-7H2,1-3H3/t11-,12-;;;;;;;/m1......./s1. The van der Waals surface area contributed by atoms with E-state index >= 15 is 0 Å². The zero-order valence-electron chi connectivity index (χ0n) is 72.8. The lowest BCUT2D eigenvalue weighted by Gasteiger charge is -2.51. The van der Waals surface area contributed by atoms with Gasteiger partial charge in [-0.2, -0.15) is 0 Å². The topological polar surface area (TPSA) is 22.7 Å². The molecule has 18 aliphatic rings. The molecule has 10 heterocycles. The van der Waals surface area contributed by atoms with Gasteiger partial charge in [0.15, 0.2) is 0 Å². The van der Waals surface area contributed by atoms with Crippen LogP contribution in [0.1, 0.15) is 404 Å². The molecule has 8 saturated carbocycles. The van der Waals surface area contributed by atoms with Crippen LogP contribution in [0.2, 0.25) is 0 Å². The van der Waals surface area contributed by atoms with E-state index in [0.29, 0.717) is 44.2 Å². The third kappa shape index (κ3) is 24.6. The van der Waals surface area contributed by atoms with Crippen molar-refractivity contribution in [3.05, 3.63) is 0 Å². The highest BCUT2D eigenvalue weighted by atomic mass is 15.3. The molecular formula is C94H179N7. The second-order valence-corrected chi connectivity index (χ2v) is 46.3. The molecule has 18 rings (SSSR count). The monoisotopic (exact) mass is 1410 g/mol. The lowest BCUT2D eigenvalue weighted by molar-refractivity contribution is -0.0163. The minimum atomic E-state index is 0.386. The van der Waals surface area contributed by atoms with Crippen molar-refractivity contribution in [2.45, 2.75) is 479 Å². The molecule has 10 aliphatic heterocycles. The minimum Gasteiger partial charge on any atom is -0.298 e. The zero-order valence-corrected chi connectivity index (χ0v) is 72.8. The molecule has 7 heteroatoms. The first-order chi connectivity index (χ1) is 47.1. The van der Waals surface area contributed by atoms with Gasteiger partial charge in [-0.3, -0.25) is 34.3 Å². The number of rotatable bonds is 0. The third-order valence-corrected chi connectivity index (χ3v) is 30.4. The molecule has 0 spiro atoms. The fourth-order valence-electron chi connectivity index (χ4n) is 25.3. The molecule has 12 atom stereocenters. The Morgan fingerprint density at radius 3 is 0.941 bits per heavy atom. The van der Waals surface area contributed by atoms with Gasteiger partial charge in [-0.15, -0.1) is 0 Å². The van der Waals surface area contributed by atoms with Crippen LogP contribution in [0.25, 0.3) is 0 Å². The predicted molar refractivity (Wildman–Crippen MR) is 441 cm³/mol. The van der Waals surface area contributed by atoms with Crippen LogP contribution in [0.3, 0.4) is 0 Å². The highest BCUT2D eigenvalue weighted by Gasteiger charge is 2.47. The first-order valence-electron chi connectivity index (χ1n) is 45.4. The van der Waals surface area contributed by atoms with Gasteiger partial charge in [-0.05, 0) is 415 Å². The van der Waals surface area contributed by atoms with E-state index in [1.54, 1.807) is 0 Å². The molecule has 0 amide bonds. The molecule has 16 bridgehead atoms. The van der Waals surface area contributed by atoms with E-state index in [-0.39, 0.29) is 0 Å². The van der Waals surface area contributed by atoms with Crippen molar-refractivity contribution < 1.29 is 0 Å². The Balaban J connectivity index is 0.000000135. The molecule has 7 nitrogen and oxygen atoms in total. The maximum absolute atomic E-state index is 2.77. The van der Waals surface area contributed by atoms with Crippen LogP contribution in [0.15, 0.2) is 0 Å². The average Bonchev–Trinajstić information content (AvgIpc) is 1.73. The molecule has 0 aromatic carbocycles. The normalized spacial score (nSPS) is 37.1. The molecule has 101 heavy (non-hydrogen) atoms. The SMILES string of the molecule is CC(C)(C)C1C2CCCC1CC2.CC(C)(C)N1C2CCCC1CC2.CC(C)(C)N1CC2CCC1C2.CC(C)(C)N1CC2CCC1CC2.CC(C)(C)N1CC2CCCC(CC2)C1.CC(C)(C)N1CCC2CCC1CC2.CC(C)(C)N1CCC2CCCC1C2.CC(C)(C)N1CC[C@H]2CCC[C@H](C2)C1. The molecule has 590 valence electrons. The van der Waals surface area contributed by atoms with Crippen LogP contribution in [0.5, 0.6) is 0 Å². The van der Waals surface area contributed by atoms with E-state index in [0.717, 1.165) is 101 Å². The van der Waals surface area contributed by atoms with Crippen LogP contribution >= 0.6 is 0 Å². The van der Waals surface area contributed by atoms with Gasteiger partial charge in [0.1, 0.15) is 0 Å². The van der Waals surface area contributed by atoms with E-state index in [4.69, 9.17) is 0 Å². The van der Waals surface area contributed by atoms with Gasteiger partial charge in [0.2, 0.25) is 0 Å². The third-order valence-electron chi connectivity index (χ3n) is 30.4. The quantitative estimate of drug-likeness (QED) is 0.238. The largest absolute Gasteiger partial charge is 0.298 e. The summed E-state index contributed by atoms with van der Waals surface area (Å²) in [5.41, 5.74) is 3.37. The molecule has 0 radical (unpaired) electrons. The van der Waals surface area contributed by atoms with Crippen molar-refractivity contribution in [1.29, 1.82) is 0 Å². The molecule has 18 fully saturated rings. The smallest absolute Gasteiger partial charge is 0.0130 e. The van der Waals surface area contributed by atoms with E-state index < -0.39 is 0 Å². The number of nitrogens with zero attached hydrogens (tertiary/aromatic N) is 7. The van der Waals surface area contributed by atoms with Crippen LogP contribution in [-0.2, 0) is 0 Å². The molecule has 8 aliphatic carbocycles. The summed E-state index contributed by atoms with van der Waals surface area (Å²) in [4.78, 5) is 19.1. The Morgan fingerprint density at radius 2 is 0.515 bits per heavy atom. The second-order valence-electron chi connectivity index (χ2n) is 46.3. The van der Waals surface area contributed by atoms with Crippen molar-refractivity contribution >= 4 is 0 Å². The molecule has 0 aromatic rings. The number of hydrogen-bond donors (Lipinski definition) is 0. The Kier molecular flexibility index (Phi) is 30.0. The summed E-state index contributed by atoms with van der Waals surface area (Å²) in [7, 11) is 0. The molecule has 0 aromatic heterocycles. The van der Waals surface area contributed by atoms with Gasteiger partial charge in [-0.1, -0.05) is 78.6 Å². The van der Waals surface area contributed by atoms with Gasteiger partial charge in [0, 0.05) is 108 Å². The fraction of sp³-hybridized carbons (Fsp3) is 1.00. The van der Waals surface area contributed by atoms with Gasteiger partial charge in [0.05, 0.1) is 0 Å². The van der Waals surface area contributed by atoms with Crippen LogP contribution < -0.4 is 0 Å². The molecule has 0 N–H and O–H groups in total. The summed E-state index contributed by atoms with van der Waals surface area (Å²) < 4.78 is 0. The van der Waals surface area contributed by atoms with Crippen molar-refractivity contribution in [2.75, 3.05) is 52.4 Å². The number of hydrogen-bond acceptors (Lipinski definition) is 7. The summed E-state index contributed by atoms with van der Waals surface area (Å²) in [6.45, 7) is 67.7. The second kappa shape index (κ2) is 35.8. The first kappa shape index (κ1) is 84.7. The van der Waals surface area contributed by atoms with Crippen molar-refractivity contribution in [1.82, 2.24) is 34.3 Å². The Hall–Kier alpha value is -0.280. The molecule has 10 unspecified atom stereocenters. The lowest BCUT2D eigenvalue weighted by atomic mass is 9.66. The van der Waals surface area contributed by atoms with Crippen molar-refractivity contribution in [3.8, 4) is 0 Å². The van der Waals surface area contributed by atoms with Crippen molar-refractivity contribution in [2.24, 2.45) is 70.5 Å². The van der Waals surface area contributed by atoms with Gasteiger partial charge < -0.3 is 0 Å². The maximum atomic E-state index is 2.77.